The average Bonchev–Trinajstić information content (AvgIpc) is 3.92. The first kappa shape index (κ1) is 37.9. The highest BCUT2D eigenvalue weighted by Gasteiger charge is 2.25. The van der Waals surface area contributed by atoms with Crippen LogP contribution in [0.4, 0.5) is 0 Å². The average molecular weight is 881 g/mol. The first-order valence-corrected chi connectivity index (χ1v) is 24.5. The maximum absolute atomic E-state index is 2.54. The van der Waals surface area contributed by atoms with Gasteiger partial charge in [0, 0.05) is 0 Å². The van der Waals surface area contributed by atoms with Gasteiger partial charge >= 0.3 is 0 Å². The number of benzene rings is 14. The lowest BCUT2D eigenvalue weighted by atomic mass is 9.84. The van der Waals surface area contributed by atoms with Crippen molar-refractivity contribution in [3.05, 3.63) is 243 Å². The van der Waals surface area contributed by atoms with Crippen LogP contribution in [0.1, 0.15) is 0 Å². The Bertz CT molecular complexity index is 4420. The summed E-state index contributed by atoms with van der Waals surface area (Å²) in [6.07, 6.45) is 0. The summed E-state index contributed by atoms with van der Waals surface area (Å²) in [5.41, 5.74) is 10.1. The second kappa shape index (κ2) is 14.2. The van der Waals surface area contributed by atoms with Crippen molar-refractivity contribution in [1.82, 2.24) is 0 Å². The lowest BCUT2D eigenvalue weighted by Gasteiger charge is -2.19. The van der Waals surface area contributed by atoms with Gasteiger partial charge in [-0.25, -0.2) is 0 Å². The fourth-order valence-corrected chi connectivity index (χ4v) is 13.1. The highest BCUT2D eigenvalue weighted by Crippen LogP contribution is 2.53. The molecule has 0 atom stereocenters. The third-order valence-corrected chi connectivity index (χ3v) is 15.8. The largest absolute Gasteiger partial charge is 0.0622 e. The lowest BCUT2D eigenvalue weighted by Crippen LogP contribution is -1.92. The van der Waals surface area contributed by atoms with Crippen molar-refractivity contribution in [2.45, 2.75) is 0 Å². The molecule has 0 fully saturated rings. The number of hydrogen-bond acceptors (Lipinski definition) is 0. The van der Waals surface area contributed by atoms with E-state index in [1.54, 1.807) is 0 Å². The number of fused-ring (bicyclic) bond motifs is 13. The summed E-state index contributed by atoms with van der Waals surface area (Å²) in [6.45, 7) is 0. The van der Waals surface area contributed by atoms with E-state index in [9.17, 15) is 0 Å². The van der Waals surface area contributed by atoms with Gasteiger partial charge in [0.2, 0.25) is 0 Å². The molecule has 0 aromatic heterocycles. The molecule has 0 aliphatic rings. The summed E-state index contributed by atoms with van der Waals surface area (Å²) in [5.74, 6) is 0. The second-order valence-corrected chi connectivity index (χ2v) is 19.3. The molecule has 0 spiro atoms. The van der Waals surface area contributed by atoms with Gasteiger partial charge in [0.05, 0.1) is 0 Å². The van der Waals surface area contributed by atoms with Crippen LogP contribution in [0, 0.1) is 0 Å². The predicted molar refractivity (Wildman–Crippen MR) is 303 cm³/mol. The van der Waals surface area contributed by atoms with Crippen molar-refractivity contribution in [2.24, 2.45) is 0 Å². The molecular weight excluding hydrogens is 841 g/mol. The fourth-order valence-electron chi connectivity index (χ4n) is 13.1. The van der Waals surface area contributed by atoms with Gasteiger partial charge in [-0.05, 0) is 199 Å². The van der Waals surface area contributed by atoms with E-state index in [1.165, 1.54) is 163 Å². The SMILES string of the molecule is c1ccc(-c2c3ccccc3c(-c3cc4c5ccccc5c5cc6c(cc7c8ccccc8c8cc(-c9c%10ccccc%10c(-c%10ccccc%10)c%10ccccc9%10)cc6c87)c(c3)c45)c3ccccc23)cc1. The molecule has 0 radical (unpaired) electrons. The summed E-state index contributed by atoms with van der Waals surface area (Å²) in [6, 6.07) is 91.4. The Morgan fingerprint density at radius 2 is 0.329 bits per heavy atom. The second-order valence-electron chi connectivity index (χ2n) is 19.3. The van der Waals surface area contributed by atoms with Gasteiger partial charge in [-0.3, -0.25) is 0 Å². The van der Waals surface area contributed by atoms with E-state index in [-0.39, 0.29) is 0 Å². The van der Waals surface area contributed by atoms with Crippen molar-refractivity contribution in [3.8, 4) is 44.5 Å². The third-order valence-electron chi connectivity index (χ3n) is 15.8. The summed E-state index contributed by atoms with van der Waals surface area (Å²) in [7, 11) is 0. The number of rotatable bonds is 4. The molecule has 16 aromatic carbocycles. The van der Waals surface area contributed by atoms with E-state index in [2.05, 4.69) is 243 Å². The van der Waals surface area contributed by atoms with E-state index in [0.717, 1.165) is 0 Å². The van der Waals surface area contributed by atoms with Gasteiger partial charge in [0.1, 0.15) is 0 Å². The molecule has 0 heterocycles. The molecule has 0 saturated heterocycles. The van der Waals surface area contributed by atoms with Crippen molar-refractivity contribution in [1.29, 1.82) is 0 Å². The summed E-state index contributed by atoms with van der Waals surface area (Å²) in [5, 5.41) is 28.5. The van der Waals surface area contributed by atoms with Gasteiger partial charge in [0.25, 0.3) is 0 Å². The molecule has 0 amide bonds. The van der Waals surface area contributed by atoms with Crippen molar-refractivity contribution in [2.75, 3.05) is 0 Å². The minimum absolute atomic E-state index is 1.24. The van der Waals surface area contributed by atoms with Crippen molar-refractivity contribution < 1.29 is 0 Å². The molecule has 0 saturated carbocycles. The van der Waals surface area contributed by atoms with E-state index in [1.807, 2.05) is 0 Å². The minimum Gasteiger partial charge on any atom is -0.0622 e. The molecule has 0 unspecified atom stereocenters. The lowest BCUT2D eigenvalue weighted by molar-refractivity contribution is 1.67. The van der Waals surface area contributed by atoms with Crippen LogP contribution in [0.5, 0.6) is 0 Å². The number of hydrogen-bond donors (Lipinski definition) is 0. The van der Waals surface area contributed by atoms with Crippen LogP contribution in [0.3, 0.4) is 0 Å². The quantitative estimate of drug-likeness (QED) is 0.122. The zero-order valence-corrected chi connectivity index (χ0v) is 38.1. The Morgan fingerprint density at radius 3 is 0.600 bits per heavy atom. The molecule has 320 valence electrons. The Kier molecular flexibility index (Phi) is 7.70. The first-order valence-electron chi connectivity index (χ1n) is 24.5. The molecule has 0 nitrogen and oxygen atoms in total. The zero-order valence-electron chi connectivity index (χ0n) is 38.1. The van der Waals surface area contributed by atoms with Crippen LogP contribution in [0.2, 0.25) is 0 Å². The van der Waals surface area contributed by atoms with Crippen LogP contribution in [-0.4, -0.2) is 0 Å². The van der Waals surface area contributed by atoms with Crippen molar-refractivity contribution in [3.63, 3.8) is 0 Å². The molecular formula is C70H40. The Hall–Kier alpha value is -9.10. The fraction of sp³-hybridized carbons (Fsp3) is 0. The van der Waals surface area contributed by atoms with Gasteiger partial charge in [0.15, 0.2) is 0 Å². The van der Waals surface area contributed by atoms with E-state index in [0.29, 0.717) is 0 Å². The van der Waals surface area contributed by atoms with Gasteiger partial charge in [-0.15, -0.1) is 0 Å². The maximum Gasteiger partial charge on any atom is -0.00195 e. The Labute approximate surface area is 403 Å². The summed E-state index contributed by atoms with van der Waals surface area (Å²) >= 11 is 0. The van der Waals surface area contributed by atoms with Gasteiger partial charge in [-0.2, -0.15) is 0 Å². The standard InChI is InChI=1S/C70H40/c1-3-19-41(20-4-1)65-49-27-11-15-31-53(49)67(54-32-16-12-28-50(54)65)43-35-59-45-23-7-9-25-47(45)63-40-58-57(61(37-43)69(59)63)39-64-48-26-10-8-24-46(48)60-36-44(38-62(58)70(60)64)68-55-33-17-13-29-51(55)66(42-21-5-2-6-22-42)52-30-14-18-34-56(52)68/h1-40H. The summed E-state index contributed by atoms with van der Waals surface area (Å²) in [4.78, 5) is 0. The predicted octanol–water partition coefficient (Wildman–Crippen LogP) is 19.9. The highest BCUT2D eigenvalue weighted by atomic mass is 14.3. The molecule has 70 heavy (non-hydrogen) atoms. The molecule has 0 heteroatoms. The molecule has 16 rings (SSSR count). The van der Waals surface area contributed by atoms with Crippen LogP contribution in [0.25, 0.3) is 163 Å². The van der Waals surface area contributed by atoms with Crippen molar-refractivity contribution >= 4 is 118 Å². The van der Waals surface area contributed by atoms with E-state index in [4.69, 9.17) is 0 Å². The summed E-state index contributed by atoms with van der Waals surface area (Å²) < 4.78 is 0. The van der Waals surface area contributed by atoms with Gasteiger partial charge < -0.3 is 0 Å². The maximum atomic E-state index is 2.54. The molecule has 0 bridgehead atoms. The van der Waals surface area contributed by atoms with Crippen LogP contribution >= 0.6 is 0 Å². The molecule has 0 aliphatic heterocycles. The van der Waals surface area contributed by atoms with Crippen LogP contribution in [-0.2, 0) is 0 Å². The minimum atomic E-state index is 1.24. The topological polar surface area (TPSA) is 0 Å². The van der Waals surface area contributed by atoms with Gasteiger partial charge in [-0.1, -0.05) is 206 Å². The Balaban J connectivity index is 1.08. The third kappa shape index (κ3) is 5.09. The molecule has 0 N–H and O–H groups in total. The normalized spacial score (nSPS) is 12.3. The van der Waals surface area contributed by atoms with Crippen LogP contribution in [0.15, 0.2) is 243 Å². The Morgan fingerprint density at radius 1 is 0.129 bits per heavy atom. The first-order chi connectivity index (χ1) is 34.8. The monoisotopic (exact) mass is 880 g/mol. The highest BCUT2D eigenvalue weighted by molar-refractivity contribution is 6.42. The van der Waals surface area contributed by atoms with E-state index >= 15 is 0 Å². The molecule has 16 aromatic rings. The molecule has 0 aliphatic carbocycles. The van der Waals surface area contributed by atoms with Crippen LogP contribution < -0.4 is 0 Å². The smallest absolute Gasteiger partial charge is 0.00195 e. The van der Waals surface area contributed by atoms with E-state index < -0.39 is 0 Å². The zero-order chi connectivity index (χ0) is 45.6.